The summed E-state index contributed by atoms with van der Waals surface area (Å²) in [5, 5.41) is 0.920. The average Bonchev–Trinajstić information content (AvgIpc) is 2.80. The van der Waals surface area contributed by atoms with Crippen LogP contribution in [0.2, 0.25) is 0 Å². The van der Waals surface area contributed by atoms with Crippen LogP contribution in [-0.4, -0.2) is 73.1 Å². The van der Waals surface area contributed by atoms with Crippen LogP contribution >= 0.6 is 0 Å². The number of ether oxygens (including phenoxy) is 2. The van der Waals surface area contributed by atoms with Crippen molar-refractivity contribution in [1.82, 2.24) is 14.9 Å². The number of pyridine rings is 2. The van der Waals surface area contributed by atoms with Crippen LogP contribution in [-0.2, 0) is 9.53 Å². The Bertz CT molecular complexity index is 947. The first-order chi connectivity index (χ1) is 15.0. The van der Waals surface area contributed by atoms with Gasteiger partial charge in [0.25, 0.3) is 0 Å². The second-order valence-corrected chi connectivity index (χ2v) is 8.44. The van der Waals surface area contributed by atoms with Crippen LogP contribution in [0.1, 0.15) is 32.6 Å². The van der Waals surface area contributed by atoms with Gasteiger partial charge in [0, 0.05) is 45.4 Å². The van der Waals surface area contributed by atoms with E-state index in [2.05, 4.69) is 14.9 Å². The third kappa shape index (κ3) is 5.12. The minimum Gasteiger partial charge on any atom is -0.474 e. The summed E-state index contributed by atoms with van der Waals surface area (Å²) in [6.07, 6.45) is 5.04. The average molecular weight is 426 g/mol. The Morgan fingerprint density at radius 2 is 1.97 bits per heavy atom. The maximum absolute atomic E-state index is 12.5. The van der Waals surface area contributed by atoms with Gasteiger partial charge in [0.1, 0.15) is 17.8 Å². The maximum atomic E-state index is 12.5. The minimum absolute atomic E-state index is 0.0215. The third-order valence-corrected chi connectivity index (χ3v) is 6.11. The second kappa shape index (κ2) is 9.60. The zero-order chi connectivity index (χ0) is 21.8. The molecule has 1 aliphatic heterocycles. The van der Waals surface area contributed by atoms with Crippen molar-refractivity contribution in [2.75, 3.05) is 45.3 Å². The molecule has 8 nitrogen and oxygen atoms in total. The summed E-state index contributed by atoms with van der Waals surface area (Å²) in [6, 6.07) is 5.93. The van der Waals surface area contributed by atoms with E-state index in [1.54, 1.807) is 6.20 Å². The fourth-order valence-electron chi connectivity index (χ4n) is 4.01. The molecule has 0 N–H and O–H groups in total. The molecule has 0 atom stereocenters. The molecule has 0 spiro atoms. The first-order valence-electron chi connectivity index (χ1n) is 11.0. The van der Waals surface area contributed by atoms with Gasteiger partial charge < -0.3 is 19.3 Å². The number of amidine groups is 1. The number of anilines is 1. The molecular weight excluding hydrogens is 394 g/mol. The van der Waals surface area contributed by atoms with E-state index in [9.17, 15) is 4.79 Å². The number of aliphatic imine (C=N–C) groups is 1. The molecule has 2 aromatic heterocycles. The van der Waals surface area contributed by atoms with E-state index in [0.717, 1.165) is 61.3 Å². The Morgan fingerprint density at radius 1 is 1.23 bits per heavy atom. The highest BCUT2D eigenvalue weighted by Crippen LogP contribution is 2.32. The van der Waals surface area contributed by atoms with E-state index < -0.39 is 0 Å². The summed E-state index contributed by atoms with van der Waals surface area (Å²) >= 11 is 0. The predicted molar refractivity (Wildman–Crippen MR) is 121 cm³/mol. The number of hydrogen-bond acceptors (Lipinski definition) is 6. The molecule has 166 valence electrons. The molecule has 4 rings (SSSR count). The number of carbonyl (C=O) groups excluding carboxylic acids is 1. The summed E-state index contributed by atoms with van der Waals surface area (Å²) in [4.78, 5) is 30.2. The van der Waals surface area contributed by atoms with Crippen molar-refractivity contribution in [3.8, 4) is 5.88 Å². The third-order valence-electron chi connectivity index (χ3n) is 6.11. The lowest BCUT2D eigenvalue weighted by atomic mass is 9.87. The quantitative estimate of drug-likeness (QED) is 0.550. The molecular formula is C23H31N5O3. The minimum atomic E-state index is -0.0270. The number of nitrogens with zero attached hydrogens (tertiary/aromatic N) is 5. The Balaban J connectivity index is 1.46. The predicted octanol–water partition coefficient (Wildman–Crippen LogP) is 2.91. The van der Waals surface area contributed by atoms with Crippen molar-refractivity contribution in [3.05, 3.63) is 24.4 Å². The van der Waals surface area contributed by atoms with Crippen LogP contribution in [0.4, 0.5) is 5.82 Å². The topological polar surface area (TPSA) is 80.1 Å². The van der Waals surface area contributed by atoms with Crippen LogP contribution in [0, 0.1) is 5.92 Å². The van der Waals surface area contributed by atoms with Gasteiger partial charge in [-0.15, -0.1) is 0 Å². The van der Waals surface area contributed by atoms with Crippen LogP contribution in [0.3, 0.4) is 0 Å². The molecule has 2 fully saturated rings. The summed E-state index contributed by atoms with van der Waals surface area (Å²) in [5.41, 5.74) is 0.881. The standard InChI is InChI=1S/C23H31N5O3/c1-16(27(2)3)25-22(29)17-6-8-18(9-7-17)31-23-19-5-4-10-24-20(19)15-21(26-23)28-11-13-30-14-12-28/h4-5,10,15,17-18H,6-9,11-14H2,1-3H3/b25-16+. The normalized spacial score (nSPS) is 22.4. The first-order valence-corrected chi connectivity index (χ1v) is 11.0. The summed E-state index contributed by atoms with van der Waals surface area (Å²) in [7, 11) is 3.79. The van der Waals surface area contributed by atoms with Gasteiger partial charge >= 0.3 is 0 Å². The van der Waals surface area contributed by atoms with E-state index >= 15 is 0 Å². The van der Waals surface area contributed by atoms with Crippen molar-refractivity contribution in [2.24, 2.45) is 10.9 Å². The van der Waals surface area contributed by atoms with E-state index in [1.165, 1.54) is 0 Å². The Labute approximate surface area is 183 Å². The number of aromatic nitrogens is 2. The van der Waals surface area contributed by atoms with Crippen LogP contribution in [0.5, 0.6) is 5.88 Å². The van der Waals surface area contributed by atoms with Crippen molar-refractivity contribution in [3.63, 3.8) is 0 Å². The zero-order valence-corrected chi connectivity index (χ0v) is 18.6. The Kier molecular flexibility index (Phi) is 6.65. The zero-order valence-electron chi connectivity index (χ0n) is 18.6. The molecule has 0 aromatic carbocycles. The lowest BCUT2D eigenvalue weighted by Gasteiger charge is -2.30. The van der Waals surface area contributed by atoms with E-state index in [4.69, 9.17) is 14.5 Å². The lowest BCUT2D eigenvalue weighted by Crippen LogP contribution is -2.36. The molecule has 1 saturated heterocycles. The monoisotopic (exact) mass is 425 g/mol. The van der Waals surface area contributed by atoms with Crippen LogP contribution in [0.15, 0.2) is 29.4 Å². The van der Waals surface area contributed by atoms with Gasteiger partial charge in [-0.1, -0.05) is 0 Å². The molecule has 1 aliphatic carbocycles. The van der Waals surface area contributed by atoms with E-state index in [-0.39, 0.29) is 17.9 Å². The highest BCUT2D eigenvalue weighted by molar-refractivity contribution is 5.94. The van der Waals surface area contributed by atoms with Crippen LogP contribution in [0.25, 0.3) is 10.9 Å². The lowest BCUT2D eigenvalue weighted by molar-refractivity contribution is -0.123. The molecule has 31 heavy (non-hydrogen) atoms. The molecule has 0 radical (unpaired) electrons. The number of rotatable bonds is 4. The molecule has 1 amide bonds. The van der Waals surface area contributed by atoms with Crippen molar-refractivity contribution >= 4 is 28.5 Å². The van der Waals surface area contributed by atoms with Crippen LogP contribution < -0.4 is 9.64 Å². The van der Waals surface area contributed by atoms with Gasteiger partial charge in [0.15, 0.2) is 0 Å². The van der Waals surface area contributed by atoms with E-state index in [1.807, 2.05) is 44.1 Å². The van der Waals surface area contributed by atoms with Crippen molar-refractivity contribution in [2.45, 2.75) is 38.7 Å². The van der Waals surface area contributed by atoms with Crippen molar-refractivity contribution in [1.29, 1.82) is 0 Å². The summed E-state index contributed by atoms with van der Waals surface area (Å²) in [6.45, 7) is 4.88. The number of hydrogen-bond donors (Lipinski definition) is 0. The summed E-state index contributed by atoms with van der Waals surface area (Å²) < 4.78 is 11.9. The molecule has 3 heterocycles. The first kappa shape index (κ1) is 21.5. The molecule has 0 bridgehead atoms. The Hall–Kier alpha value is -2.74. The molecule has 8 heteroatoms. The highest BCUT2D eigenvalue weighted by Gasteiger charge is 2.28. The molecule has 0 unspecified atom stereocenters. The second-order valence-electron chi connectivity index (χ2n) is 8.44. The van der Waals surface area contributed by atoms with Gasteiger partial charge in [-0.2, -0.15) is 4.98 Å². The highest BCUT2D eigenvalue weighted by atomic mass is 16.5. The molecule has 2 aliphatic rings. The van der Waals surface area contributed by atoms with Gasteiger partial charge in [-0.05, 0) is 44.7 Å². The SMILES string of the molecule is C/C(=N\C(=O)C1CCC(Oc2nc(N3CCOCC3)cc3ncccc23)CC1)N(C)C. The van der Waals surface area contributed by atoms with Gasteiger partial charge in [-0.3, -0.25) is 9.78 Å². The Morgan fingerprint density at radius 3 is 2.68 bits per heavy atom. The van der Waals surface area contributed by atoms with Crippen molar-refractivity contribution < 1.29 is 14.3 Å². The fraction of sp³-hybridized carbons (Fsp3) is 0.565. The maximum Gasteiger partial charge on any atom is 0.250 e. The van der Waals surface area contributed by atoms with Gasteiger partial charge in [-0.25, -0.2) is 4.99 Å². The van der Waals surface area contributed by atoms with E-state index in [0.29, 0.717) is 19.1 Å². The smallest absolute Gasteiger partial charge is 0.250 e. The molecule has 2 aromatic rings. The number of amides is 1. The molecule has 1 saturated carbocycles. The number of fused-ring (bicyclic) bond motifs is 1. The largest absolute Gasteiger partial charge is 0.474 e. The van der Waals surface area contributed by atoms with Gasteiger partial charge in [0.05, 0.1) is 24.1 Å². The van der Waals surface area contributed by atoms with Gasteiger partial charge in [0.2, 0.25) is 11.8 Å². The fourth-order valence-corrected chi connectivity index (χ4v) is 4.01. The summed E-state index contributed by atoms with van der Waals surface area (Å²) in [5.74, 6) is 2.20. The number of morpholine rings is 1. The number of carbonyl (C=O) groups is 1.